The molecule has 41 heavy (non-hydrogen) atoms. The SMILES string of the molecule is Cn1c(=O)n(N2C(=O)CCCC2=O)c2cccc(C#CCCCOCC3CCC(n4cc(N)c(C(F)F)n4)CC3)c21. The number of anilines is 1. The number of fused-ring (bicyclic) bond motifs is 1. The van der Waals surface area contributed by atoms with Gasteiger partial charge in [0.15, 0.2) is 5.69 Å². The molecule has 12 heteroatoms. The summed E-state index contributed by atoms with van der Waals surface area (Å²) in [5.74, 6) is 5.94. The molecule has 0 unspecified atom stereocenters. The summed E-state index contributed by atoms with van der Waals surface area (Å²) < 4.78 is 36.0. The summed E-state index contributed by atoms with van der Waals surface area (Å²) in [5, 5.41) is 4.95. The van der Waals surface area contributed by atoms with Crippen LogP contribution in [0.3, 0.4) is 0 Å². The Kier molecular flexibility index (Phi) is 8.54. The smallest absolute Gasteiger partial charge is 0.348 e. The molecule has 2 fully saturated rings. The summed E-state index contributed by atoms with van der Waals surface area (Å²) in [4.78, 5) is 37.9. The predicted molar refractivity (Wildman–Crippen MR) is 149 cm³/mol. The Hall–Kier alpha value is -3.98. The van der Waals surface area contributed by atoms with E-state index in [0.29, 0.717) is 48.6 Å². The Morgan fingerprint density at radius 3 is 2.54 bits per heavy atom. The van der Waals surface area contributed by atoms with Gasteiger partial charge in [-0.1, -0.05) is 17.9 Å². The minimum atomic E-state index is -2.67. The molecule has 218 valence electrons. The minimum absolute atomic E-state index is 0.0399. The van der Waals surface area contributed by atoms with Crippen LogP contribution >= 0.6 is 0 Å². The summed E-state index contributed by atoms with van der Waals surface area (Å²) in [6.07, 6.45) is 4.70. The van der Waals surface area contributed by atoms with Gasteiger partial charge in [0.25, 0.3) is 6.43 Å². The molecule has 10 nitrogen and oxygen atoms in total. The molecule has 2 amide bonds. The van der Waals surface area contributed by atoms with Crippen molar-refractivity contribution in [3.8, 4) is 11.8 Å². The number of para-hydroxylation sites is 1. The molecule has 1 saturated carbocycles. The van der Waals surface area contributed by atoms with Gasteiger partial charge >= 0.3 is 5.69 Å². The van der Waals surface area contributed by atoms with Gasteiger partial charge in [0.05, 0.1) is 28.3 Å². The average molecular weight is 569 g/mol. The van der Waals surface area contributed by atoms with Crippen LogP contribution in [-0.2, 0) is 21.4 Å². The highest BCUT2D eigenvalue weighted by atomic mass is 19.3. The van der Waals surface area contributed by atoms with Gasteiger partial charge in [0.1, 0.15) is 0 Å². The molecule has 2 N–H and O–H groups in total. The monoisotopic (exact) mass is 568 g/mol. The number of imide groups is 1. The van der Waals surface area contributed by atoms with Crippen LogP contribution in [0.1, 0.15) is 81.5 Å². The molecule has 1 aliphatic carbocycles. The number of nitrogen functional groups attached to an aromatic ring is 1. The fourth-order valence-corrected chi connectivity index (χ4v) is 5.68. The standard InChI is InChI=1S/C29H34F2N6O4/c1-34-27-20(8-5-9-23(27)36(29(34)40)37-24(38)10-6-11-25(37)39)7-3-2-4-16-41-18-19-12-14-21(15-13-19)35-17-22(32)26(33-35)28(30)31/h5,8-9,17,19,21,28H,2,4,6,10-16,18,32H2,1H3. The second-order valence-electron chi connectivity index (χ2n) is 10.7. The molecular formula is C29H34F2N6O4. The number of piperidine rings is 1. The van der Waals surface area contributed by atoms with Crippen LogP contribution in [0.4, 0.5) is 14.5 Å². The number of imidazole rings is 1. The Labute approximate surface area is 236 Å². The number of aromatic nitrogens is 4. The highest BCUT2D eigenvalue weighted by Gasteiger charge is 2.31. The molecule has 0 radical (unpaired) electrons. The molecule has 0 bridgehead atoms. The molecule has 3 heterocycles. The van der Waals surface area contributed by atoms with E-state index in [1.165, 1.54) is 10.8 Å². The lowest BCUT2D eigenvalue weighted by atomic mass is 9.86. The highest BCUT2D eigenvalue weighted by Crippen LogP contribution is 2.34. The van der Waals surface area contributed by atoms with Crippen molar-refractivity contribution in [2.24, 2.45) is 13.0 Å². The van der Waals surface area contributed by atoms with E-state index in [4.69, 9.17) is 10.5 Å². The van der Waals surface area contributed by atoms with Gasteiger partial charge in [-0.2, -0.15) is 14.8 Å². The summed E-state index contributed by atoms with van der Waals surface area (Å²) >= 11 is 0. The van der Waals surface area contributed by atoms with E-state index in [1.54, 1.807) is 23.9 Å². The van der Waals surface area contributed by atoms with E-state index in [-0.39, 0.29) is 42.1 Å². The molecule has 3 aromatic rings. The van der Waals surface area contributed by atoms with Crippen LogP contribution in [-0.4, -0.2) is 44.1 Å². The fraction of sp³-hybridized carbons (Fsp3) is 0.517. The molecule has 5 rings (SSSR count). The Morgan fingerprint density at radius 2 is 1.85 bits per heavy atom. The lowest BCUT2D eigenvalue weighted by molar-refractivity contribution is -0.131. The second kappa shape index (κ2) is 12.3. The number of hydrogen-bond donors (Lipinski definition) is 1. The highest BCUT2D eigenvalue weighted by molar-refractivity contribution is 6.11. The largest absolute Gasteiger partial charge is 0.396 e. The number of carbonyl (C=O) groups excluding carboxylic acids is 2. The number of nitrogens with zero attached hydrogens (tertiary/aromatic N) is 5. The maximum absolute atomic E-state index is 13.0. The number of benzene rings is 1. The number of aryl methyl sites for hydroxylation is 1. The quantitative estimate of drug-likeness (QED) is 0.251. The normalized spacial score (nSPS) is 19.7. The first kappa shape index (κ1) is 28.5. The van der Waals surface area contributed by atoms with Crippen LogP contribution < -0.4 is 16.4 Å². The molecule has 1 aromatic carbocycles. The summed E-state index contributed by atoms with van der Waals surface area (Å²) in [7, 11) is 1.61. The molecule has 0 atom stereocenters. The average Bonchev–Trinajstić information content (AvgIpc) is 3.46. The van der Waals surface area contributed by atoms with Gasteiger partial charge in [-0.25, -0.2) is 13.6 Å². The first-order chi connectivity index (χ1) is 19.8. The number of rotatable bonds is 8. The molecule has 0 spiro atoms. The number of ether oxygens (including phenoxy) is 1. The van der Waals surface area contributed by atoms with Crippen LogP contribution in [0, 0.1) is 17.8 Å². The van der Waals surface area contributed by atoms with Crippen molar-refractivity contribution in [3.05, 3.63) is 46.1 Å². The van der Waals surface area contributed by atoms with Crippen molar-refractivity contribution < 1.29 is 23.1 Å². The van der Waals surface area contributed by atoms with Gasteiger partial charge in [-0.3, -0.25) is 18.8 Å². The van der Waals surface area contributed by atoms with E-state index in [9.17, 15) is 23.2 Å². The summed E-state index contributed by atoms with van der Waals surface area (Å²) in [6, 6.07) is 5.37. The van der Waals surface area contributed by atoms with Crippen LogP contribution in [0.15, 0.2) is 29.2 Å². The molecular weight excluding hydrogens is 534 g/mol. The van der Waals surface area contributed by atoms with E-state index in [2.05, 4.69) is 16.9 Å². The number of nitrogens with two attached hydrogens (primary N) is 1. The third-order valence-electron chi connectivity index (χ3n) is 7.85. The number of unbranched alkanes of at least 4 members (excludes halogenated alkanes) is 1. The molecule has 2 aromatic heterocycles. The lowest BCUT2D eigenvalue weighted by Gasteiger charge is -2.28. The van der Waals surface area contributed by atoms with Crippen LogP contribution in [0.25, 0.3) is 11.0 Å². The van der Waals surface area contributed by atoms with Crippen LogP contribution in [0.2, 0.25) is 0 Å². The Balaban J connectivity index is 1.11. The first-order valence-corrected chi connectivity index (χ1v) is 14.0. The fourth-order valence-electron chi connectivity index (χ4n) is 5.68. The van der Waals surface area contributed by atoms with Gasteiger partial charge < -0.3 is 10.5 Å². The zero-order valence-corrected chi connectivity index (χ0v) is 23.0. The van der Waals surface area contributed by atoms with Crippen molar-refractivity contribution in [2.45, 2.75) is 70.3 Å². The van der Waals surface area contributed by atoms with Gasteiger partial charge in [0, 0.05) is 45.7 Å². The van der Waals surface area contributed by atoms with Gasteiger partial charge in [-0.15, -0.1) is 0 Å². The zero-order chi connectivity index (χ0) is 29.1. The Bertz CT molecular complexity index is 1540. The van der Waals surface area contributed by atoms with Crippen molar-refractivity contribution >= 4 is 28.5 Å². The number of alkyl halides is 2. The van der Waals surface area contributed by atoms with Gasteiger partial charge in [0.2, 0.25) is 11.8 Å². The van der Waals surface area contributed by atoms with E-state index in [0.717, 1.165) is 41.8 Å². The molecule has 2 aliphatic rings. The van der Waals surface area contributed by atoms with Crippen molar-refractivity contribution in [1.82, 2.24) is 19.0 Å². The summed E-state index contributed by atoms with van der Waals surface area (Å²) in [6.45, 7) is 1.22. The number of amides is 2. The number of carbonyl (C=O) groups is 2. The Morgan fingerprint density at radius 1 is 1.12 bits per heavy atom. The van der Waals surface area contributed by atoms with E-state index in [1.807, 2.05) is 6.07 Å². The topological polar surface area (TPSA) is 117 Å². The maximum Gasteiger partial charge on any atom is 0.348 e. The van der Waals surface area contributed by atoms with E-state index < -0.39 is 12.1 Å². The van der Waals surface area contributed by atoms with Crippen molar-refractivity contribution in [2.75, 3.05) is 24.0 Å². The lowest BCUT2D eigenvalue weighted by Crippen LogP contribution is -2.52. The van der Waals surface area contributed by atoms with E-state index >= 15 is 0 Å². The molecule has 1 saturated heterocycles. The summed E-state index contributed by atoms with van der Waals surface area (Å²) in [5.41, 5.74) is 6.59. The second-order valence-corrected chi connectivity index (χ2v) is 10.7. The minimum Gasteiger partial charge on any atom is -0.396 e. The van der Waals surface area contributed by atoms with Crippen LogP contribution in [0.5, 0.6) is 0 Å². The third kappa shape index (κ3) is 5.91. The van der Waals surface area contributed by atoms with Crippen molar-refractivity contribution in [1.29, 1.82) is 0 Å². The molecule has 1 aliphatic heterocycles. The van der Waals surface area contributed by atoms with Crippen molar-refractivity contribution in [3.63, 3.8) is 0 Å². The van der Waals surface area contributed by atoms with Gasteiger partial charge in [-0.05, 0) is 56.6 Å². The number of hydrogen-bond acceptors (Lipinski definition) is 6. The first-order valence-electron chi connectivity index (χ1n) is 14.0. The third-order valence-corrected chi connectivity index (χ3v) is 7.85. The predicted octanol–water partition coefficient (Wildman–Crippen LogP) is 3.81. The number of halogens is 2. The zero-order valence-electron chi connectivity index (χ0n) is 23.0. The maximum atomic E-state index is 13.0.